The number of hydrogen-bond acceptors (Lipinski definition) is 5. The number of alkyl halides is 2. The fraction of sp³-hybridized carbons (Fsp3) is 0.647. The van der Waals surface area contributed by atoms with E-state index in [2.05, 4.69) is 24.6 Å². The normalized spacial score (nSPS) is 26.1. The van der Waals surface area contributed by atoms with Gasteiger partial charge in [0.2, 0.25) is 0 Å². The fourth-order valence-corrected chi connectivity index (χ4v) is 5.81. The van der Waals surface area contributed by atoms with Crippen molar-refractivity contribution in [1.29, 1.82) is 0 Å². The molecule has 1 spiro atoms. The van der Waals surface area contributed by atoms with Crippen LogP contribution < -0.4 is 9.62 Å². The number of rotatable bonds is 6. The summed E-state index contributed by atoms with van der Waals surface area (Å²) in [4.78, 5) is 13.8. The summed E-state index contributed by atoms with van der Waals surface area (Å²) >= 11 is 0. The molecule has 1 atom stereocenters. The number of anilines is 1. The van der Waals surface area contributed by atoms with Gasteiger partial charge in [-0.15, -0.1) is 0 Å². The van der Waals surface area contributed by atoms with Crippen molar-refractivity contribution in [2.24, 2.45) is 5.92 Å². The minimum Gasteiger partial charge on any atom is -0.353 e. The van der Waals surface area contributed by atoms with Crippen LogP contribution in [0.15, 0.2) is 18.6 Å². The Labute approximate surface area is 161 Å². The van der Waals surface area contributed by atoms with Gasteiger partial charge in [0.15, 0.2) is 0 Å². The number of halogens is 2. The minimum absolute atomic E-state index is 0.0504. The average Bonchev–Trinajstić information content (AvgIpc) is 3.45. The van der Waals surface area contributed by atoms with Crippen LogP contribution in [0.25, 0.3) is 11.0 Å². The Morgan fingerprint density at radius 3 is 2.79 bits per heavy atom. The first-order valence-electron chi connectivity index (χ1n) is 9.49. The van der Waals surface area contributed by atoms with Crippen LogP contribution in [-0.4, -0.2) is 65.3 Å². The highest BCUT2D eigenvalue weighted by molar-refractivity contribution is 7.87. The lowest BCUT2D eigenvalue weighted by atomic mass is 10.2. The summed E-state index contributed by atoms with van der Waals surface area (Å²) in [7, 11) is -3.70. The maximum Gasteiger partial charge on any atom is 0.280 e. The molecule has 2 aliphatic carbocycles. The molecule has 3 aliphatic rings. The molecule has 0 amide bonds. The SMILES string of the molecule is O=S(=O)(NCCC1CC1(F)F)N1CCN(c2ncnc3[nH]ccc23)CC12CC2. The molecule has 152 valence electrons. The lowest BCUT2D eigenvalue weighted by Gasteiger charge is -2.41. The Bertz CT molecular complexity index is 1010. The Balaban J connectivity index is 1.28. The fourth-order valence-electron chi connectivity index (χ4n) is 4.20. The van der Waals surface area contributed by atoms with Crippen molar-refractivity contribution < 1.29 is 17.2 Å². The molecule has 5 rings (SSSR count). The predicted octanol–water partition coefficient (Wildman–Crippen LogP) is 1.49. The molecular formula is C17H22F2N6O2S. The van der Waals surface area contributed by atoms with Crippen LogP contribution in [0.4, 0.5) is 14.6 Å². The molecule has 2 saturated carbocycles. The van der Waals surface area contributed by atoms with E-state index in [9.17, 15) is 17.2 Å². The Kier molecular flexibility index (Phi) is 3.95. The van der Waals surface area contributed by atoms with Gasteiger partial charge in [0.25, 0.3) is 16.1 Å². The van der Waals surface area contributed by atoms with Gasteiger partial charge in [-0.2, -0.15) is 12.7 Å². The van der Waals surface area contributed by atoms with Gasteiger partial charge in [-0.3, -0.25) is 0 Å². The molecule has 28 heavy (non-hydrogen) atoms. The topological polar surface area (TPSA) is 94.2 Å². The molecule has 2 aromatic heterocycles. The van der Waals surface area contributed by atoms with E-state index in [1.165, 1.54) is 10.6 Å². The molecule has 1 aliphatic heterocycles. The van der Waals surface area contributed by atoms with Crippen LogP contribution in [0.1, 0.15) is 25.7 Å². The first-order chi connectivity index (χ1) is 13.3. The van der Waals surface area contributed by atoms with Crippen LogP contribution >= 0.6 is 0 Å². The second-order valence-electron chi connectivity index (χ2n) is 8.01. The Morgan fingerprint density at radius 1 is 1.29 bits per heavy atom. The molecule has 2 N–H and O–H groups in total. The van der Waals surface area contributed by atoms with E-state index in [-0.39, 0.29) is 19.4 Å². The molecule has 0 bridgehead atoms. The van der Waals surface area contributed by atoms with Crippen molar-refractivity contribution in [3.8, 4) is 0 Å². The lowest BCUT2D eigenvalue weighted by molar-refractivity contribution is 0.0973. The summed E-state index contributed by atoms with van der Waals surface area (Å²) in [6.07, 6.45) is 4.92. The standard InChI is InChI=1S/C17H22F2N6O2S/c18-17(19)9-12(17)1-6-23-28(26,27)25-8-7-24(10-16(25)3-4-16)15-13-2-5-20-14(13)21-11-22-15/h2,5,11-12,23H,1,3-4,6-10H2,(H,20,21,22). The van der Waals surface area contributed by atoms with E-state index in [0.717, 1.165) is 29.7 Å². The first-order valence-corrected chi connectivity index (χ1v) is 10.9. The van der Waals surface area contributed by atoms with Crippen molar-refractivity contribution >= 4 is 27.1 Å². The van der Waals surface area contributed by atoms with Crippen LogP contribution in [0, 0.1) is 5.92 Å². The van der Waals surface area contributed by atoms with Crippen molar-refractivity contribution in [3.05, 3.63) is 18.6 Å². The number of H-pyrrole nitrogens is 1. The largest absolute Gasteiger partial charge is 0.353 e. The average molecular weight is 412 g/mol. The monoisotopic (exact) mass is 412 g/mol. The van der Waals surface area contributed by atoms with Gasteiger partial charge in [0.05, 0.1) is 10.9 Å². The van der Waals surface area contributed by atoms with E-state index >= 15 is 0 Å². The van der Waals surface area contributed by atoms with Gasteiger partial charge in [0.1, 0.15) is 17.8 Å². The second-order valence-corrected chi connectivity index (χ2v) is 9.68. The smallest absolute Gasteiger partial charge is 0.280 e. The quantitative estimate of drug-likeness (QED) is 0.750. The second kappa shape index (κ2) is 6.07. The third kappa shape index (κ3) is 3.05. The van der Waals surface area contributed by atoms with E-state index in [1.54, 1.807) is 0 Å². The van der Waals surface area contributed by atoms with Crippen LogP contribution in [0.5, 0.6) is 0 Å². The van der Waals surface area contributed by atoms with Crippen molar-refractivity contribution in [2.45, 2.75) is 37.1 Å². The van der Waals surface area contributed by atoms with Crippen LogP contribution in [0.3, 0.4) is 0 Å². The number of aromatic nitrogens is 3. The number of fused-ring (bicyclic) bond motifs is 1. The molecule has 1 unspecified atom stereocenters. The molecule has 1 saturated heterocycles. The summed E-state index contributed by atoms with van der Waals surface area (Å²) in [5.74, 6) is -2.50. The number of nitrogens with zero attached hydrogens (tertiary/aromatic N) is 4. The molecular weight excluding hydrogens is 390 g/mol. The summed E-state index contributed by atoms with van der Waals surface area (Å²) in [6.45, 7) is 1.46. The van der Waals surface area contributed by atoms with Crippen molar-refractivity contribution in [3.63, 3.8) is 0 Å². The van der Waals surface area contributed by atoms with Crippen molar-refractivity contribution in [1.82, 2.24) is 24.0 Å². The zero-order chi connectivity index (χ0) is 19.6. The highest BCUT2D eigenvalue weighted by atomic mass is 32.2. The number of piperazine rings is 1. The molecule has 3 fully saturated rings. The summed E-state index contributed by atoms with van der Waals surface area (Å²) < 4.78 is 55.6. The van der Waals surface area contributed by atoms with Gasteiger partial charge in [-0.25, -0.2) is 23.5 Å². The van der Waals surface area contributed by atoms with E-state index in [0.29, 0.717) is 19.6 Å². The summed E-state index contributed by atoms with van der Waals surface area (Å²) in [6, 6.07) is 1.92. The first kappa shape index (κ1) is 18.2. The maximum absolute atomic E-state index is 13.0. The lowest BCUT2D eigenvalue weighted by Crippen LogP contribution is -2.59. The van der Waals surface area contributed by atoms with Crippen molar-refractivity contribution in [2.75, 3.05) is 31.1 Å². The number of nitrogens with one attached hydrogen (secondary N) is 2. The van der Waals surface area contributed by atoms with E-state index in [1.807, 2.05) is 12.3 Å². The van der Waals surface area contributed by atoms with Gasteiger partial charge < -0.3 is 9.88 Å². The van der Waals surface area contributed by atoms with E-state index < -0.39 is 27.6 Å². The van der Waals surface area contributed by atoms with Gasteiger partial charge >= 0.3 is 0 Å². The molecule has 2 aromatic rings. The zero-order valence-corrected chi connectivity index (χ0v) is 16.1. The Hall–Kier alpha value is -1.85. The van der Waals surface area contributed by atoms with Gasteiger partial charge in [-0.05, 0) is 25.3 Å². The van der Waals surface area contributed by atoms with E-state index in [4.69, 9.17) is 0 Å². The van der Waals surface area contributed by atoms with Gasteiger partial charge in [-0.1, -0.05) is 0 Å². The molecule has 11 heteroatoms. The number of hydrogen-bond donors (Lipinski definition) is 2. The summed E-state index contributed by atoms with van der Waals surface area (Å²) in [5, 5.41) is 0.915. The molecule has 0 aromatic carbocycles. The third-order valence-electron chi connectivity index (χ3n) is 6.07. The third-order valence-corrected chi connectivity index (χ3v) is 7.79. The van der Waals surface area contributed by atoms with Crippen LogP contribution in [-0.2, 0) is 10.2 Å². The Morgan fingerprint density at radius 2 is 2.07 bits per heavy atom. The van der Waals surface area contributed by atoms with Gasteiger partial charge in [0, 0.05) is 44.7 Å². The predicted molar refractivity (Wildman–Crippen MR) is 99.4 cm³/mol. The zero-order valence-electron chi connectivity index (χ0n) is 15.2. The highest BCUT2D eigenvalue weighted by Crippen LogP contribution is 2.50. The minimum atomic E-state index is -3.70. The molecule has 3 heterocycles. The number of aromatic amines is 1. The molecule has 8 nitrogen and oxygen atoms in total. The van der Waals surface area contributed by atoms with Crippen LogP contribution in [0.2, 0.25) is 0 Å². The molecule has 0 radical (unpaired) electrons. The summed E-state index contributed by atoms with van der Waals surface area (Å²) in [5.41, 5.74) is 0.310. The maximum atomic E-state index is 13.0. The highest BCUT2D eigenvalue weighted by Gasteiger charge is 2.57.